The first kappa shape index (κ1) is 10.4. The van der Waals surface area contributed by atoms with E-state index in [1.807, 2.05) is 0 Å². The minimum atomic E-state index is 0.335. The Hall–Kier alpha value is -0.120. The molecule has 0 amide bonds. The number of rotatable bonds is 6. The SMILES string of the molecule is OCCC1(CNCC2CCCO2)CC1. The van der Waals surface area contributed by atoms with Crippen LogP contribution in [0.1, 0.15) is 32.1 Å². The molecule has 2 rings (SSSR count). The first-order chi connectivity index (χ1) is 6.85. The first-order valence-electron chi connectivity index (χ1n) is 5.78. The van der Waals surface area contributed by atoms with Gasteiger partial charge < -0.3 is 15.2 Å². The second-order valence-electron chi connectivity index (χ2n) is 4.74. The van der Waals surface area contributed by atoms with Crippen LogP contribution in [0, 0.1) is 5.41 Å². The molecule has 1 saturated heterocycles. The van der Waals surface area contributed by atoms with Crippen LogP contribution >= 0.6 is 0 Å². The van der Waals surface area contributed by atoms with Crippen molar-refractivity contribution < 1.29 is 9.84 Å². The smallest absolute Gasteiger partial charge is 0.0700 e. The van der Waals surface area contributed by atoms with E-state index in [9.17, 15) is 0 Å². The van der Waals surface area contributed by atoms with Crippen LogP contribution in [0.2, 0.25) is 0 Å². The predicted octanol–water partition coefficient (Wildman–Crippen LogP) is 0.918. The molecule has 1 aliphatic heterocycles. The molecule has 1 aliphatic carbocycles. The Morgan fingerprint density at radius 2 is 2.29 bits per heavy atom. The molecular formula is C11H21NO2. The summed E-state index contributed by atoms with van der Waals surface area (Å²) in [6.07, 6.45) is 6.40. The van der Waals surface area contributed by atoms with Gasteiger partial charge in [-0.25, -0.2) is 0 Å². The molecule has 0 spiro atoms. The van der Waals surface area contributed by atoms with Gasteiger partial charge in [0, 0.05) is 26.3 Å². The Morgan fingerprint density at radius 1 is 1.43 bits per heavy atom. The molecule has 1 saturated carbocycles. The molecular weight excluding hydrogens is 178 g/mol. The highest BCUT2D eigenvalue weighted by Crippen LogP contribution is 2.47. The van der Waals surface area contributed by atoms with Crippen LogP contribution < -0.4 is 5.32 Å². The highest BCUT2D eigenvalue weighted by molar-refractivity contribution is 4.94. The summed E-state index contributed by atoms with van der Waals surface area (Å²) >= 11 is 0. The topological polar surface area (TPSA) is 41.5 Å². The Balaban J connectivity index is 1.58. The average Bonchev–Trinajstić information content (AvgIpc) is 2.75. The van der Waals surface area contributed by atoms with E-state index in [1.165, 1.54) is 25.7 Å². The lowest BCUT2D eigenvalue weighted by atomic mass is 10.0. The number of hydrogen-bond acceptors (Lipinski definition) is 3. The van der Waals surface area contributed by atoms with Gasteiger partial charge in [-0.05, 0) is 37.5 Å². The monoisotopic (exact) mass is 199 g/mol. The van der Waals surface area contributed by atoms with Gasteiger partial charge in [0.25, 0.3) is 0 Å². The zero-order chi connectivity index (χ0) is 9.86. The molecule has 1 unspecified atom stereocenters. The summed E-state index contributed by atoms with van der Waals surface area (Å²) in [7, 11) is 0. The minimum absolute atomic E-state index is 0.335. The van der Waals surface area contributed by atoms with Crippen molar-refractivity contribution in [2.45, 2.75) is 38.2 Å². The van der Waals surface area contributed by atoms with Crippen LogP contribution in [0.4, 0.5) is 0 Å². The van der Waals surface area contributed by atoms with E-state index in [0.717, 1.165) is 26.1 Å². The summed E-state index contributed by atoms with van der Waals surface area (Å²) in [5.41, 5.74) is 0.438. The fourth-order valence-electron chi connectivity index (χ4n) is 2.23. The number of aliphatic hydroxyl groups is 1. The van der Waals surface area contributed by atoms with Crippen molar-refractivity contribution in [3.63, 3.8) is 0 Å². The summed E-state index contributed by atoms with van der Waals surface area (Å²) < 4.78 is 5.54. The molecule has 0 aromatic heterocycles. The lowest BCUT2D eigenvalue weighted by Gasteiger charge is -2.16. The predicted molar refractivity (Wildman–Crippen MR) is 55.2 cm³/mol. The minimum Gasteiger partial charge on any atom is -0.396 e. The Bertz CT molecular complexity index is 174. The van der Waals surface area contributed by atoms with Crippen molar-refractivity contribution in [3.05, 3.63) is 0 Å². The highest BCUT2D eigenvalue weighted by atomic mass is 16.5. The van der Waals surface area contributed by atoms with Crippen LogP contribution in [0.3, 0.4) is 0 Å². The summed E-state index contributed by atoms with van der Waals surface area (Å²) in [5, 5.41) is 12.4. The largest absolute Gasteiger partial charge is 0.396 e. The zero-order valence-corrected chi connectivity index (χ0v) is 8.80. The Kier molecular flexibility index (Phi) is 3.42. The van der Waals surface area contributed by atoms with Gasteiger partial charge >= 0.3 is 0 Å². The van der Waals surface area contributed by atoms with Crippen molar-refractivity contribution in [1.29, 1.82) is 0 Å². The van der Waals surface area contributed by atoms with Crippen molar-refractivity contribution in [2.75, 3.05) is 26.3 Å². The van der Waals surface area contributed by atoms with Crippen molar-refractivity contribution >= 4 is 0 Å². The van der Waals surface area contributed by atoms with Crippen LogP contribution in [0.25, 0.3) is 0 Å². The van der Waals surface area contributed by atoms with Gasteiger partial charge in [-0.3, -0.25) is 0 Å². The summed E-state index contributed by atoms with van der Waals surface area (Å²) in [5.74, 6) is 0. The van der Waals surface area contributed by atoms with Crippen LogP contribution in [-0.2, 0) is 4.74 Å². The zero-order valence-electron chi connectivity index (χ0n) is 8.80. The second kappa shape index (κ2) is 4.60. The molecule has 3 heteroatoms. The van der Waals surface area contributed by atoms with E-state index < -0.39 is 0 Å². The van der Waals surface area contributed by atoms with E-state index in [1.54, 1.807) is 0 Å². The average molecular weight is 199 g/mol. The maximum atomic E-state index is 8.90. The fourth-order valence-corrected chi connectivity index (χ4v) is 2.23. The standard InChI is InChI=1S/C11H21NO2/c13-6-5-11(3-4-11)9-12-8-10-2-1-7-14-10/h10,12-13H,1-9H2. The van der Waals surface area contributed by atoms with Gasteiger partial charge in [-0.15, -0.1) is 0 Å². The molecule has 2 fully saturated rings. The van der Waals surface area contributed by atoms with E-state index in [2.05, 4.69) is 5.32 Å². The number of ether oxygens (including phenoxy) is 1. The third kappa shape index (κ3) is 2.69. The third-order valence-electron chi connectivity index (χ3n) is 3.50. The Labute approximate surface area is 85.8 Å². The van der Waals surface area contributed by atoms with Gasteiger partial charge in [0.15, 0.2) is 0 Å². The maximum Gasteiger partial charge on any atom is 0.0700 e. The fraction of sp³-hybridized carbons (Fsp3) is 1.00. The summed E-state index contributed by atoms with van der Waals surface area (Å²) in [6, 6.07) is 0. The molecule has 0 aromatic rings. The molecule has 0 aromatic carbocycles. The van der Waals surface area contributed by atoms with Crippen molar-refractivity contribution in [3.8, 4) is 0 Å². The van der Waals surface area contributed by atoms with Gasteiger partial charge in [0.2, 0.25) is 0 Å². The lowest BCUT2D eigenvalue weighted by molar-refractivity contribution is 0.108. The number of hydrogen-bond donors (Lipinski definition) is 2. The van der Waals surface area contributed by atoms with Crippen LogP contribution in [0.5, 0.6) is 0 Å². The Morgan fingerprint density at radius 3 is 2.86 bits per heavy atom. The maximum absolute atomic E-state index is 8.90. The van der Waals surface area contributed by atoms with E-state index in [0.29, 0.717) is 18.1 Å². The summed E-state index contributed by atoms with van der Waals surface area (Å²) in [6.45, 7) is 3.33. The molecule has 14 heavy (non-hydrogen) atoms. The van der Waals surface area contributed by atoms with Gasteiger partial charge in [-0.1, -0.05) is 0 Å². The quantitative estimate of drug-likeness (QED) is 0.668. The third-order valence-corrected chi connectivity index (χ3v) is 3.50. The molecule has 0 bridgehead atoms. The molecule has 2 N–H and O–H groups in total. The molecule has 2 aliphatic rings. The lowest BCUT2D eigenvalue weighted by Crippen LogP contribution is -2.31. The highest BCUT2D eigenvalue weighted by Gasteiger charge is 2.41. The molecule has 1 atom stereocenters. The van der Waals surface area contributed by atoms with Crippen LogP contribution in [-0.4, -0.2) is 37.5 Å². The first-order valence-corrected chi connectivity index (χ1v) is 5.78. The number of nitrogens with one attached hydrogen (secondary N) is 1. The van der Waals surface area contributed by atoms with Crippen LogP contribution in [0.15, 0.2) is 0 Å². The van der Waals surface area contributed by atoms with E-state index in [-0.39, 0.29) is 0 Å². The van der Waals surface area contributed by atoms with Crippen molar-refractivity contribution in [1.82, 2.24) is 5.32 Å². The van der Waals surface area contributed by atoms with Crippen molar-refractivity contribution in [2.24, 2.45) is 5.41 Å². The van der Waals surface area contributed by atoms with Gasteiger partial charge in [0.05, 0.1) is 6.10 Å². The number of aliphatic hydroxyl groups excluding tert-OH is 1. The molecule has 1 heterocycles. The molecule has 3 nitrogen and oxygen atoms in total. The second-order valence-corrected chi connectivity index (χ2v) is 4.74. The van der Waals surface area contributed by atoms with E-state index >= 15 is 0 Å². The normalized spacial score (nSPS) is 29.4. The van der Waals surface area contributed by atoms with E-state index in [4.69, 9.17) is 9.84 Å². The summed E-state index contributed by atoms with van der Waals surface area (Å²) in [4.78, 5) is 0. The molecule has 82 valence electrons. The van der Waals surface area contributed by atoms with Gasteiger partial charge in [0.1, 0.15) is 0 Å². The molecule has 0 radical (unpaired) electrons. The van der Waals surface area contributed by atoms with Gasteiger partial charge in [-0.2, -0.15) is 0 Å².